The van der Waals surface area contributed by atoms with Crippen LogP contribution < -0.4 is 281 Å². The van der Waals surface area contributed by atoms with Crippen LogP contribution in [-0.2, 0) is 27.3 Å². The van der Waals surface area contributed by atoms with E-state index < -0.39 is 60.1 Å². The third kappa shape index (κ3) is 19.2. The van der Waals surface area contributed by atoms with E-state index >= 15 is 0 Å². The molecular formula is C6H10K5O15P3. The van der Waals surface area contributed by atoms with E-state index in [1.165, 1.54) is 0 Å². The van der Waals surface area contributed by atoms with Crippen molar-refractivity contribution in [2.45, 2.75) is 36.6 Å². The fourth-order valence-corrected chi connectivity index (χ4v) is 3.63. The summed E-state index contributed by atoms with van der Waals surface area (Å²) in [6.45, 7) is 0. The molecule has 7 atom stereocenters. The van der Waals surface area contributed by atoms with Crippen molar-refractivity contribution < 1.29 is 329 Å². The summed E-state index contributed by atoms with van der Waals surface area (Å²) in [6, 6.07) is 0. The van der Waals surface area contributed by atoms with Crippen LogP contribution in [0.15, 0.2) is 0 Å². The molecule has 1 aliphatic rings. The second-order valence-corrected chi connectivity index (χ2v) is 7.90. The van der Waals surface area contributed by atoms with E-state index in [1.807, 2.05) is 0 Å². The molecule has 15 nitrogen and oxygen atoms in total. The minimum Gasteiger partial charge on any atom is -0.790 e. The Balaban J connectivity index is -0.000000384. The molecule has 0 aromatic heterocycles. The predicted octanol–water partition coefficient (Wildman–Crippen LogP) is -21.6. The van der Waals surface area contributed by atoms with Crippen molar-refractivity contribution in [1.82, 2.24) is 0 Å². The molecule has 0 aromatic carbocycles. The van der Waals surface area contributed by atoms with Crippen molar-refractivity contribution in [1.29, 1.82) is 0 Å². The molecule has 1 rings (SSSR count). The van der Waals surface area contributed by atoms with Gasteiger partial charge in [-0.05, 0) is 0 Å². The maximum atomic E-state index is 10.7. The topological polar surface area (TPSA) is 275 Å². The first-order valence-electron chi connectivity index (χ1n) is 5.69. The zero-order valence-electron chi connectivity index (χ0n) is 16.1. The minimum atomic E-state index is -5.94. The van der Waals surface area contributed by atoms with Gasteiger partial charge in [0.15, 0.2) is 0 Å². The van der Waals surface area contributed by atoms with E-state index in [-0.39, 0.29) is 257 Å². The van der Waals surface area contributed by atoms with E-state index in [0.717, 1.165) is 0 Å². The van der Waals surface area contributed by atoms with Crippen LogP contribution in [0.3, 0.4) is 0 Å². The van der Waals surface area contributed by atoms with Gasteiger partial charge >= 0.3 is 257 Å². The summed E-state index contributed by atoms with van der Waals surface area (Å²) < 4.78 is 43.3. The van der Waals surface area contributed by atoms with Crippen LogP contribution in [-0.4, -0.2) is 56.8 Å². The van der Waals surface area contributed by atoms with E-state index in [1.54, 1.807) is 0 Å². The van der Waals surface area contributed by atoms with E-state index in [0.29, 0.717) is 0 Å². The van der Waals surface area contributed by atoms with Gasteiger partial charge in [0.2, 0.25) is 0 Å². The number of phosphoric acid groups is 3. The smallest absolute Gasteiger partial charge is 0.790 e. The SMILES string of the molecule is O=P([O-])([O-])O[C@@H]1[C@H](O)[C@H](O)[C@@H](OP(=O)([O-])[O-])[C@H](OP(=O)([O-])O)[C@H]1O.[K+].[K+].[K+].[K+].[K+]. The van der Waals surface area contributed by atoms with Gasteiger partial charge in [-0.15, -0.1) is 0 Å². The van der Waals surface area contributed by atoms with Crippen molar-refractivity contribution in [3.8, 4) is 0 Å². The van der Waals surface area contributed by atoms with Crippen LogP contribution in [0.4, 0.5) is 0 Å². The van der Waals surface area contributed by atoms with Crippen LogP contribution in [0, 0.1) is 0 Å². The van der Waals surface area contributed by atoms with Crippen molar-refractivity contribution >= 4 is 23.5 Å². The summed E-state index contributed by atoms with van der Waals surface area (Å²) in [6.07, 6.45) is -15.4. The molecule has 1 aliphatic carbocycles. The molecule has 1 unspecified atom stereocenters. The maximum absolute atomic E-state index is 10.7. The Morgan fingerprint density at radius 3 is 1.14 bits per heavy atom. The summed E-state index contributed by atoms with van der Waals surface area (Å²) in [5, 5.41) is 29.0. The van der Waals surface area contributed by atoms with Crippen molar-refractivity contribution in [3.05, 3.63) is 0 Å². The Labute approximate surface area is 377 Å². The molecule has 0 aromatic rings. The number of phosphoric ester groups is 3. The number of aliphatic hydroxyl groups is 3. The first-order chi connectivity index (χ1) is 10.5. The monoisotopic (exact) mass is 610 g/mol. The first-order valence-corrected chi connectivity index (χ1v) is 10.1. The van der Waals surface area contributed by atoms with Gasteiger partial charge in [-0.25, -0.2) is 0 Å². The maximum Gasteiger partial charge on any atom is 1.00 e. The second kappa shape index (κ2) is 20.3. The quantitative estimate of drug-likeness (QED) is 0.160. The first kappa shape index (κ1) is 47.2. The van der Waals surface area contributed by atoms with Crippen LogP contribution in [0.5, 0.6) is 0 Å². The molecule has 0 saturated heterocycles. The van der Waals surface area contributed by atoms with Gasteiger partial charge in [-0.3, -0.25) is 4.57 Å². The van der Waals surface area contributed by atoms with E-state index in [2.05, 4.69) is 13.6 Å². The molecule has 0 radical (unpaired) electrons. The molecule has 0 spiro atoms. The predicted molar refractivity (Wildman–Crippen MR) is 57.7 cm³/mol. The van der Waals surface area contributed by atoms with Crippen molar-refractivity contribution in [3.63, 3.8) is 0 Å². The molecular weight excluding hydrogens is 600 g/mol. The Morgan fingerprint density at radius 2 is 0.828 bits per heavy atom. The Bertz CT molecular complexity index is 593. The normalized spacial score (nSPS) is 31.3. The summed E-state index contributed by atoms with van der Waals surface area (Å²) in [5.41, 5.74) is 0. The Kier molecular flexibility index (Phi) is 33.0. The molecule has 0 heterocycles. The molecule has 0 bridgehead atoms. The van der Waals surface area contributed by atoms with Gasteiger partial charge in [-0.1, -0.05) is 0 Å². The van der Waals surface area contributed by atoms with Crippen LogP contribution in [0.2, 0.25) is 0 Å². The number of aliphatic hydroxyl groups excluding tert-OH is 3. The number of rotatable bonds is 6. The molecule has 0 amide bonds. The summed E-state index contributed by atoms with van der Waals surface area (Å²) in [5.74, 6) is 0. The summed E-state index contributed by atoms with van der Waals surface area (Å²) in [7, 11) is -17.6. The van der Waals surface area contributed by atoms with Gasteiger partial charge < -0.3 is 67.4 Å². The van der Waals surface area contributed by atoms with Crippen LogP contribution in [0.25, 0.3) is 0 Å². The molecule has 29 heavy (non-hydrogen) atoms. The molecule has 0 aliphatic heterocycles. The fraction of sp³-hybridized carbons (Fsp3) is 1.00. The standard InChI is InChI=1S/C6H15O15P3.5K/c7-1-2(8)5(20-23(13,14)15)6(21-24(16,17)18)3(9)4(1)19-22(10,11)12;;;;;/h1-9H,(H2,10,11,12)(H2,13,14,15)(H2,16,17,18);;;;;/q;5*+1/p-5/t1-,2+,3+,4-,5-,6-;;;;;/m1...../s1. The number of hydrogen-bond donors (Lipinski definition) is 4. The summed E-state index contributed by atoms with van der Waals surface area (Å²) in [4.78, 5) is 61.7. The van der Waals surface area contributed by atoms with E-state index in [9.17, 15) is 53.5 Å². The molecule has 1 saturated carbocycles. The van der Waals surface area contributed by atoms with Gasteiger partial charge in [0.1, 0.15) is 36.6 Å². The fourth-order valence-electron chi connectivity index (χ4n) is 1.99. The zero-order valence-corrected chi connectivity index (χ0v) is 34.4. The zero-order chi connectivity index (χ0) is 19.1. The molecule has 4 N–H and O–H groups in total. The van der Waals surface area contributed by atoms with Gasteiger partial charge in [0.25, 0.3) is 7.82 Å². The Hall–Kier alpha value is 8.39. The van der Waals surface area contributed by atoms with Gasteiger partial charge in [-0.2, -0.15) is 0 Å². The van der Waals surface area contributed by atoms with Crippen LogP contribution in [0.1, 0.15) is 0 Å². The van der Waals surface area contributed by atoms with E-state index in [4.69, 9.17) is 4.89 Å². The summed E-state index contributed by atoms with van der Waals surface area (Å²) >= 11 is 0. The van der Waals surface area contributed by atoms with Gasteiger partial charge in [0.05, 0.1) is 15.6 Å². The third-order valence-electron chi connectivity index (χ3n) is 2.78. The average Bonchev–Trinajstić information content (AvgIpc) is 2.32. The second-order valence-electron chi connectivity index (χ2n) is 4.54. The number of hydrogen-bond acceptors (Lipinski definition) is 14. The minimum absolute atomic E-state index is 0. The van der Waals surface area contributed by atoms with Crippen LogP contribution >= 0.6 is 23.5 Å². The average molecular weight is 611 g/mol. The molecule has 1 fully saturated rings. The third-order valence-corrected chi connectivity index (χ3v) is 4.29. The molecule has 144 valence electrons. The van der Waals surface area contributed by atoms with Crippen molar-refractivity contribution in [2.75, 3.05) is 0 Å². The van der Waals surface area contributed by atoms with Gasteiger partial charge in [0, 0.05) is 0 Å². The van der Waals surface area contributed by atoms with Crippen molar-refractivity contribution in [2.24, 2.45) is 0 Å². The Morgan fingerprint density at radius 1 is 0.552 bits per heavy atom. The molecule has 23 heteroatoms. The largest absolute Gasteiger partial charge is 1.00 e.